The van der Waals surface area contributed by atoms with Crippen molar-refractivity contribution in [2.75, 3.05) is 6.54 Å². The average Bonchev–Trinajstić information content (AvgIpc) is 2.48. The van der Waals surface area contributed by atoms with E-state index in [2.05, 4.69) is 4.98 Å². The van der Waals surface area contributed by atoms with E-state index in [0.717, 1.165) is 11.8 Å². The predicted octanol–water partition coefficient (Wildman–Crippen LogP) is 2.24. The Labute approximate surface area is 128 Å². The Morgan fingerprint density at radius 2 is 1.90 bits per heavy atom. The molecular formula is C14H15ClN2O3S. The lowest BCUT2D eigenvalue weighted by molar-refractivity contribution is 0.423. The summed E-state index contributed by atoms with van der Waals surface area (Å²) < 4.78 is 26.5. The van der Waals surface area contributed by atoms with Crippen LogP contribution >= 0.6 is 11.6 Å². The predicted molar refractivity (Wildman–Crippen MR) is 81.8 cm³/mol. The van der Waals surface area contributed by atoms with Gasteiger partial charge in [-0.1, -0.05) is 48.9 Å². The van der Waals surface area contributed by atoms with Crippen LogP contribution in [0.5, 0.6) is 0 Å². The maximum atomic E-state index is 12.6. The molecule has 1 aromatic heterocycles. The fourth-order valence-electron chi connectivity index (χ4n) is 1.89. The molecule has 0 radical (unpaired) electrons. The third-order valence-corrected chi connectivity index (χ3v) is 5.20. The van der Waals surface area contributed by atoms with Gasteiger partial charge in [0.2, 0.25) is 10.0 Å². The lowest BCUT2D eigenvalue weighted by Crippen LogP contribution is -2.31. The summed E-state index contributed by atoms with van der Waals surface area (Å²) in [4.78, 5) is 13.5. The molecule has 112 valence electrons. The number of rotatable bonds is 5. The second kappa shape index (κ2) is 6.43. The van der Waals surface area contributed by atoms with Crippen molar-refractivity contribution in [3.63, 3.8) is 0 Å². The first-order valence-electron chi connectivity index (χ1n) is 6.37. The molecule has 0 aliphatic heterocycles. The van der Waals surface area contributed by atoms with Crippen LogP contribution in [0.4, 0.5) is 0 Å². The van der Waals surface area contributed by atoms with Gasteiger partial charge < -0.3 is 4.98 Å². The van der Waals surface area contributed by atoms with Crippen molar-refractivity contribution in [3.05, 3.63) is 63.5 Å². The molecule has 0 bridgehead atoms. The van der Waals surface area contributed by atoms with Gasteiger partial charge in [-0.25, -0.2) is 8.42 Å². The molecule has 5 nitrogen and oxygen atoms in total. The largest absolute Gasteiger partial charge is 0.326 e. The number of pyridine rings is 1. The molecule has 0 atom stereocenters. The maximum Gasteiger partial charge on any atom is 0.266 e. The lowest BCUT2D eigenvalue weighted by Gasteiger charge is -2.20. The SMILES string of the molecule is CCN(Cc1ccccc1)S(=O)(=O)c1c[nH]c(=O)c(Cl)c1. The quantitative estimate of drug-likeness (QED) is 0.916. The van der Waals surface area contributed by atoms with Gasteiger partial charge in [0.1, 0.15) is 5.02 Å². The summed E-state index contributed by atoms with van der Waals surface area (Å²) in [6, 6.07) is 10.5. The van der Waals surface area contributed by atoms with Gasteiger partial charge in [0, 0.05) is 19.3 Å². The minimum atomic E-state index is -3.71. The first-order chi connectivity index (χ1) is 9.95. The molecule has 1 aromatic carbocycles. The smallest absolute Gasteiger partial charge is 0.266 e. The Hall–Kier alpha value is -1.63. The summed E-state index contributed by atoms with van der Waals surface area (Å²) in [5, 5.41) is -0.146. The normalized spacial score (nSPS) is 11.8. The van der Waals surface area contributed by atoms with Gasteiger partial charge in [0.25, 0.3) is 5.56 Å². The van der Waals surface area contributed by atoms with Crippen molar-refractivity contribution in [3.8, 4) is 0 Å². The highest BCUT2D eigenvalue weighted by molar-refractivity contribution is 7.89. The number of hydrogen-bond acceptors (Lipinski definition) is 3. The average molecular weight is 327 g/mol. The molecule has 0 amide bonds. The number of nitrogens with zero attached hydrogens (tertiary/aromatic N) is 1. The summed E-state index contributed by atoms with van der Waals surface area (Å²) in [6.45, 7) is 2.33. The highest BCUT2D eigenvalue weighted by Crippen LogP contribution is 2.18. The van der Waals surface area contributed by atoms with Crippen LogP contribution in [0.25, 0.3) is 0 Å². The molecule has 0 aliphatic carbocycles. The van der Waals surface area contributed by atoms with Gasteiger partial charge in [-0.05, 0) is 11.6 Å². The fraction of sp³-hybridized carbons (Fsp3) is 0.214. The van der Waals surface area contributed by atoms with Crippen LogP contribution < -0.4 is 5.56 Å². The zero-order valence-corrected chi connectivity index (χ0v) is 13.0. The van der Waals surface area contributed by atoms with Gasteiger partial charge in [0.05, 0.1) is 4.90 Å². The topological polar surface area (TPSA) is 70.2 Å². The molecule has 7 heteroatoms. The zero-order valence-electron chi connectivity index (χ0n) is 11.4. The van der Waals surface area contributed by atoms with Crippen LogP contribution in [0, 0.1) is 0 Å². The number of sulfonamides is 1. The third-order valence-electron chi connectivity index (χ3n) is 3.02. The minimum absolute atomic E-state index is 0.0233. The standard InChI is InChI=1S/C14H15ClN2O3S/c1-2-17(10-11-6-4-3-5-7-11)21(19,20)12-8-13(15)14(18)16-9-12/h3-9H,2,10H2,1H3,(H,16,18). The van der Waals surface area contributed by atoms with Crippen LogP contribution in [-0.4, -0.2) is 24.3 Å². The number of H-pyrrole nitrogens is 1. The number of aromatic amines is 1. The Kier molecular flexibility index (Phi) is 4.82. The molecule has 2 rings (SSSR count). The molecule has 0 fully saturated rings. The van der Waals surface area contributed by atoms with E-state index in [9.17, 15) is 13.2 Å². The van der Waals surface area contributed by atoms with Crippen molar-refractivity contribution in [1.29, 1.82) is 0 Å². The van der Waals surface area contributed by atoms with E-state index >= 15 is 0 Å². The van der Waals surface area contributed by atoms with Crippen LogP contribution in [-0.2, 0) is 16.6 Å². The van der Waals surface area contributed by atoms with Gasteiger partial charge in [-0.2, -0.15) is 4.31 Å². The Morgan fingerprint density at radius 3 is 2.48 bits per heavy atom. The van der Waals surface area contributed by atoms with Crippen molar-refractivity contribution < 1.29 is 8.42 Å². The highest BCUT2D eigenvalue weighted by atomic mass is 35.5. The van der Waals surface area contributed by atoms with Gasteiger partial charge in [0.15, 0.2) is 0 Å². The zero-order chi connectivity index (χ0) is 15.5. The van der Waals surface area contributed by atoms with Gasteiger partial charge in [-0.3, -0.25) is 4.79 Å². The van der Waals surface area contributed by atoms with E-state index in [-0.39, 0.29) is 16.5 Å². The van der Waals surface area contributed by atoms with Crippen LogP contribution in [0.2, 0.25) is 5.02 Å². The van der Waals surface area contributed by atoms with Crippen molar-refractivity contribution >= 4 is 21.6 Å². The molecule has 21 heavy (non-hydrogen) atoms. The number of nitrogens with one attached hydrogen (secondary N) is 1. The Bertz CT molecular complexity index is 772. The van der Waals surface area contributed by atoms with Crippen LogP contribution in [0.15, 0.2) is 52.3 Å². The maximum absolute atomic E-state index is 12.6. The molecule has 1 heterocycles. The van der Waals surface area contributed by atoms with Crippen molar-refractivity contribution in [1.82, 2.24) is 9.29 Å². The van der Waals surface area contributed by atoms with E-state index in [0.29, 0.717) is 6.54 Å². The van der Waals surface area contributed by atoms with E-state index < -0.39 is 15.6 Å². The number of benzene rings is 1. The van der Waals surface area contributed by atoms with Gasteiger partial charge in [-0.15, -0.1) is 0 Å². The second-order valence-electron chi connectivity index (χ2n) is 4.43. The molecular weight excluding hydrogens is 312 g/mol. The van der Waals surface area contributed by atoms with Crippen LogP contribution in [0.3, 0.4) is 0 Å². The number of aromatic nitrogens is 1. The molecule has 0 saturated carbocycles. The summed E-state index contributed by atoms with van der Waals surface area (Å²) >= 11 is 5.70. The summed E-state index contributed by atoms with van der Waals surface area (Å²) in [6.07, 6.45) is 1.16. The summed E-state index contributed by atoms with van der Waals surface area (Å²) in [5.74, 6) is 0. The molecule has 0 spiro atoms. The molecule has 0 aliphatic rings. The molecule has 1 N–H and O–H groups in total. The Balaban J connectivity index is 2.35. The van der Waals surface area contributed by atoms with E-state index in [1.807, 2.05) is 30.3 Å². The Morgan fingerprint density at radius 1 is 1.24 bits per heavy atom. The third kappa shape index (κ3) is 3.53. The van der Waals surface area contributed by atoms with Crippen molar-refractivity contribution in [2.45, 2.75) is 18.4 Å². The molecule has 0 saturated heterocycles. The minimum Gasteiger partial charge on any atom is -0.326 e. The summed E-state index contributed by atoms with van der Waals surface area (Å²) in [5.41, 5.74) is 0.375. The first-order valence-corrected chi connectivity index (χ1v) is 8.19. The van der Waals surface area contributed by atoms with E-state index in [1.54, 1.807) is 6.92 Å². The van der Waals surface area contributed by atoms with E-state index in [4.69, 9.17) is 11.6 Å². The lowest BCUT2D eigenvalue weighted by atomic mass is 10.2. The molecule has 2 aromatic rings. The van der Waals surface area contributed by atoms with Crippen molar-refractivity contribution in [2.24, 2.45) is 0 Å². The highest BCUT2D eigenvalue weighted by Gasteiger charge is 2.24. The van der Waals surface area contributed by atoms with E-state index in [1.165, 1.54) is 10.4 Å². The molecule has 0 unspecified atom stereocenters. The van der Waals surface area contributed by atoms with Gasteiger partial charge >= 0.3 is 0 Å². The fourth-order valence-corrected chi connectivity index (χ4v) is 3.56. The number of hydrogen-bond donors (Lipinski definition) is 1. The monoisotopic (exact) mass is 326 g/mol. The van der Waals surface area contributed by atoms with Crippen LogP contribution in [0.1, 0.15) is 12.5 Å². The summed E-state index contributed by atoms with van der Waals surface area (Å²) in [7, 11) is -3.71. The first kappa shape index (κ1) is 15.8. The number of halogens is 1. The second-order valence-corrected chi connectivity index (χ2v) is 6.77.